The Morgan fingerprint density at radius 2 is 1.71 bits per heavy atom. The van der Waals surface area contributed by atoms with Crippen molar-refractivity contribution >= 4 is 50.6 Å². The predicted octanol–water partition coefficient (Wildman–Crippen LogP) is 7.31. The summed E-state index contributed by atoms with van der Waals surface area (Å²) in [7, 11) is 0. The maximum absolute atomic E-state index is 14.1. The predicted molar refractivity (Wildman–Crippen MR) is 169 cm³/mol. The molecule has 1 aromatic heterocycles. The molecule has 0 spiro atoms. The Labute approximate surface area is 254 Å². The highest BCUT2D eigenvalue weighted by molar-refractivity contribution is 9.10. The second kappa shape index (κ2) is 10.9. The highest BCUT2D eigenvalue weighted by Crippen LogP contribution is 2.41. The summed E-state index contributed by atoms with van der Waals surface area (Å²) in [5.41, 5.74) is 7.41. The zero-order valence-corrected chi connectivity index (χ0v) is 25.0. The van der Waals surface area contributed by atoms with E-state index in [1.807, 2.05) is 71.3 Å². The van der Waals surface area contributed by atoms with Gasteiger partial charge in [-0.3, -0.25) is 9.36 Å². The van der Waals surface area contributed by atoms with Gasteiger partial charge in [0.2, 0.25) is 0 Å². The largest absolute Gasteiger partial charge is 0.488 e. The second-order valence-corrected chi connectivity index (χ2v) is 12.4. The molecule has 5 aromatic rings. The van der Waals surface area contributed by atoms with E-state index < -0.39 is 0 Å². The van der Waals surface area contributed by atoms with Crippen molar-refractivity contribution in [2.24, 2.45) is 4.99 Å². The summed E-state index contributed by atoms with van der Waals surface area (Å²) in [4.78, 5) is 19.9. The zero-order chi connectivity index (χ0) is 27.9. The Morgan fingerprint density at radius 3 is 2.56 bits per heavy atom. The van der Waals surface area contributed by atoms with Gasteiger partial charge in [0.05, 0.1) is 16.3 Å². The van der Waals surface area contributed by atoms with Crippen LogP contribution < -0.4 is 19.6 Å². The highest BCUT2D eigenvalue weighted by atomic mass is 79.9. The molecule has 0 radical (unpaired) electrons. The summed E-state index contributed by atoms with van der Waals surface area (Å²) >= 11 is 11.3. The van der Waals surface area contributed by atoms with Crippen molar-refractivity contribution in [1.29, 1.82) is 0 Å². The molecule has 0 amide bonds. The normalized spacial score (nSPS) is 16.0. The third kappa shape index (κ3) is 4.90. The number of aromatic nitrogens is 1. The van der Waals surface area contributed by atoms with E-state index in [0.717, 1.165) is 45.3 Å². The first-order valence-electron chi connectivity index (χ1n) is 13.4. The third-order valence-corrected chi connectivity index (χ3v) is 9.49. The number of nitrogens with zero attached hydrogens (tertiary/aromatic N) is 2. The minimum atomic E-state index is -0.212. The van der Waals surface area contributed by atoms with Crippen molar-refractivity contribution in [3.8, 4) is 5.75 Å². The number of hydrogen-bond acceptors (Lipinski definition) is 4. The smallest absolute Gasteiger partial charge is 0.271 e. The number of aryl methyl sites for hydroxylation is 1. The van der Waals surface area contributed by atoms with Crippen LogP contribution in [0.25, 0.3) is 11.8 Å². The first kappa shape index (κ1) is 26.2. The number of fused-ring (bicyclic) bond motifs is 3. The van der Waals surface area contributed by atoms with Crippen LogP contribution in [0.15, 0.2) is 117 Å². The average molecular weight is 640 g/mol. The molecule has 1 aliphatic carbocycles. The van der Waals surface area contributed by atoms with Gasteiger partial charge < -0.3 is 4.74 Å². The molecule has 0 unspecified atom stereocenters. The van der Waals surface area contributed by atoms with Crippen LogP contribution >= 0.6 is 38.9 Å². The maximum atomic E-state index is 14.1. The molecule has 1 atom stereocenters. The SMILES string of the molecule is O=c1/c(=C/c2ccccc2OCc2ccccc2Cl)sc2n1[C@@H](c1ccc(Br)cc1)C1=C(N=2)c2ccccc2CC1. The molecular formula is C34H24BrClN2O2S. The van der Waals surface area contributed by atoms with E-state index >= 15 is 0 Å². The van der Waals surface area contributed by atoms with E-state index in [4.69, 9.17) is 21.3 Å². The first-order valence-corrected chi connectivity index (χ1v) is 15.4. The highest BCUT2D eigenvalue weighted by Gasteiger charge is 2.32. The molecule has 202 valence electrons. The van der Waals surface area contributed by atoms with Crippen molar-refractivity contribution in [2.45, 2.75) is 25.5 Å². The van der Waals surface area contributed by atoms with E-state index in [9.17, 15) is 4.79 Å². The molecule has 7 heteroatoms. The molecule has 0 N–H and O–H groups in total. The lowest BCUT2D eigenvalue weighted by Gasteiger charge is -2.30. The van der Waals surface area contributed by atoms with Crippen LogP contribution in [-0.4, -0.2) is 4.57 Å². The van der Waals surface area contributed by atoms with E-state index in [1.54, 1.807) is 0 Å². The van der Waals surface area contributed by atoms with Crippen molar-refractivity contribution < 1.29 is 4.74 Å². The number of allylic oxidation sites excluding steroid dienone is 1. The third-order valence-electron chi connectivity index (χ3n) is 7.61. The standard InChI is InChI=1S/C34H24BrClN2O2S/c35-25-16-13-22(14-17-25)32-27-18-15-21-7-1-4-10-26(21)31(27)37-34-38(32)33(39)30(41-34)19-23-8-3-6-12-29(23)40-20-24-9-2-5-11-28(24)36/h1-14,16-17,19,32H,15,18,20H2/b30-19-/t32-/m0/s1. The van der Waals surface area contributed by atoms with Crippen molar-refractivity contribution in [3.63, 3.8) is 0 Å². The Kier molecular flexibility index (Phi) is 6.99. The van der Waals surface area contributed by atoms with Gasteiger partial charge in [0.1, 0.15) is 12.4 Å². The minimum absolute atomic E-state index is 0.0482. The summed E-state index contributed by atoms with van der Waals surface area (Å²) in [6.45, 7) is 0.335. The lowest BCUT2D eigenvalue weighted by Crippen LogP contribution is -2.38. The molecule has 0 saturated heterocycles. The fraction of sp³-hybridized carbons (Fsp3) is 0.118. The number of rotatable bonds is 5. The van der Waals surface area contributed by atoms with Gasteiger partial charge in [-0.05, 0) is 59.9 Å². The van der Waals surface area contributed by atoms with Gasteiger partial charge in [0, 0.05) is 26.2 Å². The molecule has 4 nitrogen and oxygen atoms in total. The van der Waals surface area contributed by atoms with Crippen molar-refractivity contribution in [2.75, 3.05) is 0 Å². The van der Waals surface area contributed by atoms with E-state index in [0.29, 0.717) is 26.7 Å². The fourth-order valence-electron chi connectivity index (χ4n) is 5.61. The van der Waals surface area contributed by atoms with Gasteiger partial charge in [0.15, 0.2) is 4.80 Å². The molecular weight excluding hydrogens is 616 g/mol. The van der Waals surface area contributed by atoms with Crippen molar-refractivity contribution in [3.05, 3.63) is 160 Å². The van der Waals surface area contributed by atoms with E-state index in [2.05, 4.69) is 52.3 Å². The molecule has 2 heterocycles. The number of thiazole rings is 1. The summed E-state index contributed by atoms with van der Waals surface area (Å²) < 4.78 is 9.68. The zero-order valence-electron chi connectivity index (χ0n) is 21.9. The average Bonchev–Trinajstić information content (AvgIpc) is 3.31. The lowest BCUT2D eigenvalue weighted by atomic mass is 9.83. The van der Waals surface area contributed by atoms with Gasteiger partial charge in [0.25, 0.3) is 5.56 Å². The number of hydrogen-bond donors (Lipinski definition) is 0. The Balaban J connectivity index is 1.36. The van der Waals surface area contributed by atoms with Crippen molar-refractivity contribution in [1.82, 2.24) is 4.57 Å². The van der Waals surface area contributed by atoms with Gasteiger partial charge in [-0.2, -0.15) is 0 Å². The van der Waals surface area contributed by atoms with E-state index in [-0.39, 0.29) is 11.6 Å². The quantitative estimate of drug-likeness (QED) is 0.202. The molecule has 4 aromatic carbocycles. The number of benzene rings is 4. The van der Waals surface area contributed by atoms with Crippen LogP contribution in [0.2, 0.25) is 5.02 Å². The molecule has 1 aliphatic heterocycles. The fourth-order valence-corrected chi connectivity index (χ4v) is 7.06. The molecule has 2 aliphatic rings. The molecule has 0 fully saturated rings. The van der Waals surface area contributed by atoms with Crippen LogP contribution in [0, 0.1) is 0 Å². The molecule has 0 saturated carbocycles. The Morgan fingerprint density at radius 1 is 0.951 bits per heavy atom. The van der Waals surface area contributed by atoms with Gasteiger partial charge in [-0.25, -0.2) is 4.99 Å². The Bertz CT molecular complexity index is 2010. The number of ether oxygens (including phenoxy) is 1. The molecule has 41 heavy (non-hydrogen) atoms. The number of halogens is 2. The topological polar surface area (TPSA) is 43.6 Å². The lowest BCUT2D eigenvalue weighted by molar-refractivity contribution is 0.305. The van der Waals surface area contributed by atoms with Crippen LogP contribution in [0.4, 0.5) is 0 Å². The summed E-state index contributed by atoms with van der Waals surface area (Å²) in [6, 6.07) is 31.9. The minimum Gasteiger partial charge on any atom is -0.488 e. The monoisotopic (exact) mass is 638 g/mol. The van der Waals surface area contributed by atoms with Crippen LogP contribution in [0.3, 0.4) is 0 Å². The summed E-state index contributed by atoms with van der Waals surface area (Å²) in [5, 5.41) is 0.664. The van der Waals surface area contributed by atoms with E-state index in [1.165, 1.54) is 22.5 Å². The Hall–Kier alpha value is -3.71. The number of para-hydroxylation sites is 1. The van der Waals surface area contributed by atoms with Crippen LogP contribution in [-0.2, 0) is 13.0 Å². The van der Waals surface area contributed by atoms with Gasteiger partial charge >= 0.3 is 0 Å². The van der Waals surface area contributed by atoms with Gasteiger partial charge in [-0.1, -0.05) is 112 Å². The van der Waals surface area contributed by atoms with Gasteiger partial charge in [-0.15, -0.1) is 0 Å². The molecule has 7 rings (SSSR count). The second-order valence-electron chi connectivity index (χ2n) is 10.1. The van der Waals surface area contributed by atoms with Crippen LogP contribution in [0.5, 0.6) is 5.75 Å². The summed E-state index contributed by atoms with van der Waals surface area (Å²) in [6.07, 6.45) is 3.71. The maximum Gasteiger partial charge on any atom is 0.271 e. The van der Waals surface area contributed by atoms with Crippen LogP contribution in [0.1, 0.15) is 40.3 Å². The molecule has 0 bridgehead atoms. The first-order chi connectivity index (χ1) is 20.1. The summed E-state index contributed by atoms with van der Waals surface area (Å²) in [5.74, 6) is 0.691.